The lowest BCUT2D eigenvalue weighted by Crippen LogP contribution is -2.62. The molecule has 1 heterocycles. The predicted molar refractivity (Wildman–Crippen MR) is 78.4 cm³/mol. The third-order valence-electron chi connectivity index (χ3n) is 3.93. The molecule has 4 N–H and O–H groups in total. The van der Waals surface area contributed by atoms with E-state index < -0.39 is 24.4 Å². The summed E-state index contributed by atoms with van der Waals surface area (Å²) in [5.74, 6) is 0. The number of piperidine rings is 1. The first-order chi connectivity index (χ1) is 9.61. The number of likely N-dealkylation sites (tertiary alicyclic amines) is 1. The Morgan fingerprint density at radius 1 is 1.05 bits per heavy atom. The topological polar surface area (TPSA) is 84.2 Å². The summed E-state index contributed by atoms with van der Waals surface area (Å²) in [5.41, 5.74) is 0. The van der Waals surface area contributed by atoms with E-state index >= 15 is 0 Å². The molecule has 1 aliphatic rings. The maximum Gasteiger partial charge on any atom is 0.109 e. The smallest absolute Gasteiger partial charge is 0.109 e. The summed E-state index contributed by atoms with van der Waals surface area (Å²) >= 11 is 0. The van der Waals surface area contributed by atoms with Crippen molar-refractivity contribution in [3.8, 4) is 0 Å². The minimum Gasteiger partial charge on any atom is -0.395 e. The Morgan fingerprint density at radius 3 is 2.45 bits per heavy atom. The van der Waals surface area contributed by atoms with E-state index in [1.54, 1.807) is 0 Å². The lowest BCUT2D eigenvalue weighted by molar-refractivity contribution is -0.145. The minimum atomic E-state index is -1.16. The molecule has 1 saturated heterocycles. The van der Waals surface area contributed by atoms with Crippen molar-refractivity contribution in [2.75, 3.05) is 19.7 Å². The number of aliphatic hydroxyl groups is 4. The molecule has 5 nitrogen and oxygen atoms in total. The van der Waals surface area contributed by atoms with Gasteiger partial charge in [-0.25, -0.2) is 0 Å². The van der Waals surface area contributed by atoms with E-state index in [-0.39, 0.29) is 6.61 Å². The Labute approximate surface area is 121 Å². The van der Waals surface area contributed by atoms with E-state index in [1.807, 2.05) is 4.90 Å². The van der Waals surface area contributed by atoms with Crippen LogP contribution in [0.1, 0.15) is 39.0 Å². The summed E-state index contributed by atoms with van der Waals surface area (Å²) < 4.78 is 0. The molecule has 1 rings (SSSR count). The molecule has 0 aromatic rings. The van der Waals surface area contributed by atoms with Gasteiger partial charge in [0.1, 0.15) is 12.2 Å². The zero-order chi connectivity index (χ0) is 15.0. The summed E-state index contributed by atoms with van der Waals surface area (Å²) in [6, 6.07) is -0.478. The molecule has 0 amide bonds. The van der Waals surface area contributed by atoms with Crippen LogP contribution in [0, 0.1) is 0 Å². The maximum absolute atomic E-state index is 9.86. The largest absolute Gasteiger partial charge is 0.395 e. The molecule has 0 aromatic carbocycles. The Kier molecular flexibility index (Phi) is 8.33. The number of hydrogen-bond acceptors (Lipinski definition) is 5. The summed E-state index contributed by atoms with van der Waals surface area (Å²) in [5, 5.41) is 38.5. The second-order valence-corrected chi connectivity index (χ2v) is 5.52. The quantitative estimate of drug-likeness (QED) is 0.380. The number of nitrogens with zero attached hydrogens (tertiary/aromatic N) is 1. The van der Waals surface area contributed by atoms with Crippen molar-refractivity contribution in [3.63, 3.8) is 0 Å². The Bertz CT molecular complexity index is 285. The van der Waals surface area contributed by atoms with Crippen molar-refractivity contribution < 1.29 is 20.4 Å². The van der Waals surface area contributed by atoms with Crippen LogP contribution in [0.15, 0.2) is 12.2 Å². The van der Waals surface area contributed by atoms with E-state index in [1.165, 1.54) is 0 Å². The van der Waals surface area contributed by atoms with Crippen LogP contribution in [-0.4, -0.2) is 69.4 Å². The molecular formula is C15H29NO4. The summed E-state index contributed by atoms with van der Waals surface area (Å²) in [6.07, 6.45) is 6.50. The molecule has 118 valence electrons. The van der Waals surface area contributed by atoms with Crippen LogP contribution < -0.4 is 0 Å². The number of hydrogen-bond donors (Lipinski definition) is 4. The van der Waals surface area contributed by atoms with Gasteiger partial charge in [-0.05, 0) is 32.2 Å². The predicted octanol–water partition coefficient (Wildman–Crippen LogP) is 0.272. The molecule has 0 bridgehead atoms. The van der Waals surface area contributed by atoms with E-state index in [4.69, 9.17) is 0 Å². The molecule has 5 heteroatoms. The van der Waals surface area contributed by atoms with Gasteiger partial charge in [0.25, 0.3) is 0 Å². The average Bonchev–Trinajstić information content (AvgIpc) is 2.44. The van der Waals surface area contributed by atoms with Gasteiger partial charge in [0, 0.05) is 6.54 Å². The number of allylic oxidation sites excluding steroid dienone is 2. The fourth-order valence-electron chi connectivity index (χ4n) is 2.67. The second kappa shape index (κ2) is 9.47. The Morgan fingerprint density at radius 2 is 1.80 bits per heavy atom. The fourth-order valence-corrected chi connectivity index (χ4v) is 2.67. The standard InChI is InChI=1S/C15H29NO4/c1-2-3-4-5-6-7-8-9-16-10-13(18)15(20)14(19)12(16)11-17/h3-4,12-15,17-20H,2,5-11H2,1H3/b4-3-/t12-,13+,14-,15-/m1/s1. The zero-order valence-corrected chi connectivity index (χ0v) is 12.4. The van der Waals surface area contributed by atoms with Gasteiger partial charge in [-0.15, -0.1) is 0 Å². The van der Waals surface area contributed by atoms with Gasteiger partial charge in [-0.3, -0.25) is 4.90 Å². The lowest BCUT2D eigenvalue weighted by atomic mass is 9.94. The van der Waals surface area contributed by atoms with Crippen LogP contribution in [0.5, 0.6) is 0 Å². The zero-order valence-electron chi connectivity index (χ0n) is 12.4. The van der Waals surface area contributed by atoms with Crippen LogP contribution in [-0.2, 0) is 0 Å². The number of β-amino-alcohol motifs (C(OH)–C–C–N with tert-alkyl or cyclic N) is 1. The average molecular weight is 287 g/mol. The Hall–Kier alpha value is -0.460. The molecule has 4 atom stereocenters. The van der Waals surface area contributed by atoms with Crippen LogP contribution in [0.4, 0.5) is 0 Å². The summed E-state index contributed by atoms with van der Waals surface area (Å²) in [4.78, 5) is 1.88. The van der Waals surface area contributed by atoms with E-state index in [9.17, 15) is 20.4 Å². The third-order valence-corrected chi connectivity index (χ3v) is 3.93. The first-order valence-electron chi connectivity index (χ1n) is 7.65. The number of unbranched alkanes of at least 4 members (excludes halogenated alkanes) is 3. The van der Waals surface area contributed by atoms with E-state index in [0.29, 0.717) is 6.54 Å². The van der Waals surface area contributed by atoms with Crippen molar-refractivity contribution in [2.24, 2.45) is 0 Å². The normalized spacial score (nSPS) is 32.0. The highest BCUT2D eigenvalue weighted by Gasteiger charge is 2.40. The van der Waals surface area contributed by atoms with E-state index in [2.05, 4.69) is 19.1 Å². The minimum absolute atomic E-state index is 0.204. The number of rotatable bonds is 8. The molecule has 0 aliphatic carbocycles. The van der Waals surface area contributed by atoms with Gasteiger partial charge < -0.3 is 20.4 Å². The highest BCUT2D eigenvalue weighted by molar-refractivity contribution is 4.94. The first-order valence-corrected chi connectivity index (χ1v) is 7.65. The van der Waals surface area contributed by atoms with Gasteiger partial charge in [0.15, 0.2) is 0 Å². The van der Waals surface area contributed by atoms with Crippen molar-refractivity contribution in [2.45, 2.75) is 63.4 Å². The number of aliphatic hydroxyl groups excluding tert-OH is 4. The maximum atomic E-state index is 9.86. The molecule has 0 spiro atoms. The van der Waals surface area contributed by atoms with Crippen molar-refractivity contribution >= 4 is 0 Å². The van der Waals surface area contributed by atoms with Crippen LogP contribution in [0.3, 0.4) is 0 Å². The van der Waals surface area contributed by atoms with Crippen LogP contribution >= 0.6 is 0 Å². The molecule has 20 heavy (non-hydrogen) atoms. The third kappa shape index (κ3) is 5.14. The van der Waals surface area contributed by atoms with Crippen molar-refractivity contribution in [1.82, 2.24) is 4.90 Å². The first kappa shape index (κ1) is 17.6. The lowest BCUT2D eigenvalue weighted by Gasteiger charge is -2.43. The fraction of sp³-hybridized carbons (Fsp3) is 0.867. The van der Waals surface area contributed by atoms with Crippen LogP contribution in [0.2, 0.25) is 0 Å². The van der Waals surface area contributed by atoms with Gasteiger partial charge in [0.05, 0.1) is 18.8 Å². The highest BCUT2D eigenvalue weighted by Crippen LogP contribution is 2.19. The Balaban J connectivity index is 2.29. The van der Waals surface area contributed by atoms with Gasteiger partial charge >= 0.3 is 0 Å². The molecular weight excluding hydrogens is 258 g/mol. The van der Waals surface area contributed by atoms with Crippen molar-refractivity contribution in [1.29, 1.82) is 0 Å². The molecule has 0 unspecified atom stereocenters. The van der Waals surface area contributed by atoms with Gasteiger partial charge in [-0.2, -0.15) is 0 Å². The molecule has 1 aliphatic heterocycles. The van der Waals surface area contributed by atoms with Gasteiger partial charge in [-0.1, -0.05) is 25.5 Å². The second-order valence-electron chi connectivity index (χ2n) is 5.52. The molecule has 0 saturated carbocycles. The summed E-state index contributed by atoms with van der Waals surface area (Å²) in [6.45, 7) is 2.94. The molecule has 0 radical (unpaired) electrons. The molecule has 0 aromatic heterocycles. The van der Waals surface area contributed by atoms with E-state index in [0.717, 1.165) is 38.6 Å². The molecule has 1 fully saturated rings. The van der Waals surface area contributed by atoms with Crippen molar-refractivity contribution in [3.05, 3.63) is 12.2 Å². The highest BCUT2D eigenvalue weighted by atomic mass is 16.4. The monoisotopic (exact) mass is 287 g/mol. The van der Waals surface area contributed by atoms with Crippen LogP contribution in [0.25, 0.3) is 0 Å². The summed E-state index contributed by atoms with van der Waals surface area (Å²) in [7, 11) is 0. The van der Waals surface area contributed by atoms with Gasteiger partial charge in [0.2, 0.25) is 0 Å². The SMILES string of the molecule is CC/C=C\CCCCCN1C[C@H](O)[C@@H](O)[C@H](O)[C@H]1CO.